The standard InChI is InChI=1S/C32H39NO8/c1-7-9-18-10-19(11-24(40-8-2)30(18)41-17-26(38)39)27-28-20(12-31(3,4)14-22(28)34)33(16-25(36)37)21-13-32(5,6)15-23(35)29(21)27/h7,10-11,27H,1,8-9,12-17H2,2-6H3,(H,36,37)(H,38,39). The number of carbonyl (C=O) groups excluding carboxylic acids is 2. The highest BCUT2D eigenvalue weighted by atomic mass is 16.5. The summed E-state index contributed by atoms with van der Waals surface area (Å²) in [5.74, 6) is -2.54. The Labute approximate surface area is 240 Å². The number of benzene rings is 1. The topological polar surface area (TPSA) is 130 Å². The molecule has 4 rings (SSSR count). The lowest BCUT2D eigenvalue weighted by molar-refractivity contribution is -0.139. The summed E-state index contributed by atoms with van der Waals surface area (Å²) in [4.78, 5) is 53.0. The van der Waals surface area contributed by atoms with Gasteiger partial charge in [-0.2, -0.15) is 0 Å². The number of carbonyl (C=O) groups is 4. The summed E-state index contributed by atoms with van der Waals surface area (Å²) in [5.41, 5.74) is 2.68. The van der Waals surface area contributed by atoms with E-state index < -0.39 is 24.5 Å². The first-order valence-electron chi connectivity index (χ1n) is 13.9. The van der Waals surface area contributed by atoms with E-state index in [0.29, 0.717) is 58.7 Å². The first kappa shape index (κ1) is 30.1. The smallest absolute Gasteiger partial charge is 0.341 e. The summed E-state index contributed by atoms with van der Waals surface area (Å²) in [7, 11) is 0. The molecule has 41 heavy (non-hydrogen) atoms. The van der Waals surface area contributed by atoms with Crippen LogP contribution in [0.4, 0.5) is 0 Å². The van der Waals surface area contributed by atoms with Crippen LogP contribution in [0.1, 0.15) is 77.3 Å². The zero-order valence-corrected chi connectivity index (χ0v) is 24.5. The Morgan fingerprint density at radius 3 is 1.98 bits per heavy atom. The van der Waals surface area contributed by atoms with Crippen LogP contribution < -0.4 is 9.47 Å². The maximum atomic E-state index is 13.9. The van der Waals surface area contributed by atoms with Gasteiger partial charge < -0.3 is 24.6 Å². The van der Waals surface area contributed by atoms with Crippen molar-refractivity contribution < 1.29 is 38.9 Å². The zero-order chi connectivity index (χ0) is 30.3. The van der Waals surface area contributed by atoms with Gasteiger partial charge in [0.25, 0.3) is 0 Å². The maximum absolute atomic E-state index is 13.9. The number of aliphatic carboxylic acids is 2. The Kier molecular flexibility index (Phi) is 8.21. The fourth-order valence-corrected chi connectivity index (χ4v) is 6.43. The highest BCUT2D eigenvalue weighted by Gasteiger charge is 2.49. The second kappa shape index (κ2) is 11.2. The average Bonchev–Trinajstić information content (AvgIpc) is 2.82. The second-order valence-corrected chi connectivity index (χ2v) is 12.6. The van der Waals surface area contributed by atoms with Crippen LogP contribution in [-0.4, -0.2) is 58.4 Å². The first-order valence-corrected chi connectivity index (χ1v) is 13.9. The van der Waals surface area contributed by atoms with Crippen molar-refractivity contribution in [2.75, 3.05) is 19.8 Å². The monoisotopic (exact) mass is 565 g/mol. The second-order valence-electron chi connectivity index (χ2n) is 12.6. The minimum Gasteiger partial charge on any atom is -0.490 e. The quantitative estimate of drug-likeness (QED) is 0.374. The molecule has 0 atom stereocenters. The third kappa shape index (κ3) is 6.09. The van der Waals surface area contributed by atoms with E-state index in [-0.39, 0.29) is 54.1 Å². The Hall–Kier alpha value is -3.88. The van der Waals surface area contributed by atoms with Crippen molar-refractivity contribution >= 4 is 23.5 Å². The molecule has 0 amide bonds. The first-order chi connectivity index (χ1) is 19.2. The number of Topliss-reactive ketones (excluding diaryl/α,β-unsaturated/α-hetero) is 2. The number of hydrogen-bond acceptors (Lipinski definition) is 7. The van der Waals surface area contributed by atoms with Crippen LogP contribution in [0.5, 0.6) is 11.5 Å². The number of ketones is 2. The van der Waals surface area contributed by atoms with E-state index in [2.05, 4.69) is 6.58 Å². The van der Waals surface area contributed by atoms with E-state index in [1.54, 1.807) is 24.0 Å². The molecule has 9 heteroatoms. The van der Waals surface area contributed by atoms with Crippen LogP contribution >= 0.6 is 0 Å². The number of rotatable bonds is 10. The summed E-state index contributed by atoms with van der Waals surface area (Å²) >= 11 is 0. The normalized spacial score (nSPS) is 20.0. The highest BCUT2D eigenvalue weighted by molar-refractivity contribution is 6.07. The molecule has 9 nitrogen and oxygen atoms in total. The molecule has 0 radical (unpaired) electrons. The van der Waals surface area contributed by atoms with E-state index in [0.717, 1.165) is 0 Å². The van der Waals surface area contributed by atoms with Crippen molar-refractivity contribution in [3.8, 4) is 11.5 Å². The molecule has 0 unspecified atom stereocenters. The third-order valence-electron chi connectivity index (χ3n) is 7.81. The van der Waals surface area contributed by atoms with Crippen molar-refractivity contribution in [2.45, 2.75) is 72.6 Å². The Bertz CT molecular complexity index is 1330. The number of carboxylic acids is 2. The van der Waals surface area contributed by atoms with Crippen molar-refractivity contribution in [2.24, 2.45) is 10.8 Å². The molecular formula is C32H39NO8. The van der Waals surface area contributed by atoms with Crippen LogP contribution in [0.15, 0.2) is 47.3 Å². The van der Waals surface area contributed by atoms with Gasteiger partial charge in [0.2, 0.25) is 0 Å². The third-order valence-corrected chi connectivity index (χ3v) is 7.81. The lowest BCUT2D eigenvalue weighted by Gasteiger charge is -2.48. The average molecular weight is 566 g/mol. The fraction of sp³-hybridized carbons (Fsp3) is 0.500. The molecule has 0 saturated carbocycles. The summed E-state index contributed by atoms with van der Waals surface area (Å²) in [6, 6.07) is 3.55. The Balaban J connectivity index is 2.04. The van der Waals surface area contributed by atoms with E-state index in [1.807, 2.05) is 33.8 Å². The predicted molar refractivity (Wildman–Crippen MR) is 152 cm³/mol. The van der Waals surface area contributed by atoms with Gasteiger partial charge in [0.05, 0.1) is 6.61 Å². The number of allylic oxidation sites excluding steroid dienone is 5. The van der Waals surface area contributed by atoms with E-state index >= 15 is 0 Å². The van der Waals surface area contributed by atoms with Gasteiger partial charge in [0.1, 0.15) is 6.54 Å². The summed E-state index contributed by atoms with van der Waals surface area (Å²) in [6.45, 7) is 13.0. The van der Waals surface area contributed by atoms with Gasteiger partial charge in [-0.3, -0.25) is 14.4 Å². The lowest BCUT2D eigenvalue weighted by atomic mass is 9.63. The van der Waals surface area contributed by atoms with Crippen LogP contribution in [0.25, 0.3) is 0 Å². The molecule has 0 fully saturated rings. The number of nitrogens with zero attached hydrogens (tertiary/aromatic N) is 1. The Morgan fingerprint density at radius 1 is 0.951 bits per heavy atom. The van der Waals surface area contributed by atoms with Gasteiger partial charge >= 0.3 is 11.9 Å². The number of carboxylic acid groups (broad SMARTS) is 2. The van der Waals surface area contributed by atoms with Gasteiger partial charge in [-0.25, -0.2) is 4.79 Å². The van der Waals surface area contributed by atoms with Gasteiger partial charge in [0.15, 0.2) is 29.7 Å². The summed E-state index contributed by atoms with van der Waals surface area (Å²) in [6.07, 6.45) is 3.50. The van der Waals surface area contributed by atoms with Crippen LogP contribution in [0.2, 0.25) is 0 Å². The van der Waals surface area contributed by atoms with Gasteiger partial charge in [-0.1, -0.05) is 39.8 Å². The van der Waals surface area contributed by atoms with Gasteiger partial charge in [-0.15, -0.1) is 6.58 Å². The zero-order valence-electron chi connectivity index (χ0n) is 24.5. The molecule has 1 aromatic carbocycles. The molecule has 1 aliphatic heterocycles. The largest absolute Gasteiger partial charge is 0.490 e. The van der Waals surface area contributed by atoms with Crippen LogP contribution in [0, 0.1) is 10.8 Å². The molecule has 2 N–H and O–H groups in total. The highest BCUT2D eigenvalue weighted by Crippen LogP contribution is 2.55. The minimum absolute atomic E-state index is 0.116. The number of ether oxygens (including phenoxy) is 2. The molecule has 0 saturated heterocycles. The SMILES string of the molecule is C=CCc1cc(C2C3=C(CC(C)(C)CC3=O)N(CC(=O)O)C3=C2C(=O)CC(C)(C)C3)cc(OCC)c1OCC(=O)O. The van der Waals surface area contributed by atoms with Crippen molar-refractivity contribution in [3.05, 3.63) is 58.5 Å². The van der Waals surface area contributed by atoms with E-state index in [1.165, 1.54) is 0 Å². The molecule has 1 aromatic rings. The molecule has 0 bridgehead atoms. The molecule has 220 valence electrons. The van der Waals surface area contributed by atoms with Gasteiger partial charge in [-0.05, 0) is 48.6 Å². The predicted octanol–water partition coefficient (Wildman–Crippen LogP) is 5.05. The van der Waals surface area contributed by atoms with Crippen molar-refractivity contribution in [1.29, 1.82) is 0 Å². The number of hydrogen-bond donors (Lipinski definition) is 2. The van der Waals surface area contributed by atoms with Crippen molar-refractivity contribution in [3.63, 3.8) is 0 Å². The molecule has 0 aromatic heterocycles. The lowest BCUT2D eigenvalue weighted by Crippen LogP contribution is -2.45. The van der Waals surface area contributed by atoms with Crippen LogP contribution in [0.3, 0.4) is 0 Å². The fourth-order valence-electron chi connectivity index (χ4n) is 6.43. The molecule has 1 heterocycles. The van der Waals surface area contributed by atoms with Gasteiger partial charge in [0, 0.05) is 46.9 Å². The van der Waals surface area contributed by atoms with Crippen molar-refractivity contribution in [1.82, 2.24) is 4.90 Å². The molecule has 2 aliphatic carbocycles. The van der Waals surface area contributed by atoms with E-state index in [4.69, 9.17) is 9.47 Å². The summed E-state index contributed by atoms with van der Waals surface area (Å²) in [5, 5.41) is 19.1. The molecule has 3 aliphatic rings. The maximum Gasteiger partial charge on any atom is 0.341 e. The Morgan fingerprint density at radius 2 is 1.51 bits per heavy atom. The van der Waals surface area contributed by atoms with Crippen LogP contribution in [-0.2, 0) is 25.6 Å². The summed E-state index contributed by atoms with van der Waals surface area (Å²) < 4.78 is 11.6. The van der Waals surface area contributed by atoms with E-state index in [9.17, 15) is 29.4 Å². The molecular weight excluding hydrogens is 526 g/mol. The minimum atomic E-state index is -1.14. The molecule has 0 spiro atoms.